The van der Waals surface area contributed by atoms with Crippen molar-refractivity contribution in [2.75, 3.05) is 6.54 Å². The van der Waals surface area contributed by atoms with Crippen molar-refractivity contribution < 1.29 is 4.79 Å². The van der Waals surface area contributed by atoms with Crippen LogP contribution in [0.4, 0.5) is 0 Å². The Morgan fingerprint density at radius 3 is 2.81 bits per heavy atom. The third-order valence-corrected chi connectivity index (χ3v) is 2.50. The lowest BCUT2D eigenvalue weighted by Crippen LogP contribution is -2.37. The van der Waals surface area contributed by atoms with Crippen LogP contribution in [0.1, 0.15) is 24.3 Å². The van der Waals surface area contributed by atoms with Crippen LogP contribution in [0.5, 0.6) is 0 Å². The van der Waals surface area contributed by atoms with Gasteiger partial charge in [-0.25, -0.2) is 4.98 Å². The lowest BCUT2D eigenvalue weighted by molar-refractivity contribution is 0.0725. The van der Waals surface area contributed by atoms with Crippen molar-refractivity contribution >= 4 is 21.8 Å². The third kappa shape index (κ3) is 3.04. The number of nitrogens with zero attached hydrogens (tertiary/aromatic N) is 3. The van der Waals surface area contributed by atoms with Gasteiger partial charge in [0.25, 0.3) is 5.91 Å². The van der Waals surface area contributed by atoms with Gasteiger partial charge in [0.1, 0.15) is 16.8 Å². The number of aromatic nitrogens is 1. The van der Waals surface area contributed by atoms with Gasteiger partial charge in [0.05, 0.1) is 6.07 Å². The maximum atomic E-state index is 12.0. The molecule has 0 bridgehead atoms. The van der Waals surface area contributed by atoms with E-state index in [4.69, 9.17) is 5.26 Å². The summed E-state index contributed by atoms with van der Waals surface area (Å²) in [6.45, 7) is 3.81. The SMILES string of the molecule is CC(C)N(CC#N)C(=O)c1cccc(Br)n1. The number of hydrogen-bond acceptors (Lipinski definition) is 3. The molecule has 1 heterocycles. The average Bonchev–Trinajstić information content (AvgIpc) is 2.24. The Balaban J connectivity index is 2.95. The normalized spacial score (nSPS) is 9.94. The Labute approximate surface area is 103 Å². The summed E-state index contributed by atoms with van der Waals surface area (Å²) in [5, 5.41) is 8.66. The summed E-state index contributed by atoms with van der Waals surface area (Å²) >= 11 is 3.21. The van der Waals surface area contributed by atoms with Crippen molar-refractivity contribution in [1.82, 2.24) is 9.88 Å². The standard InChI is InChI=1S/C11H12BrN3O/c1-8(2)15(7-6-13)11(16)9-4-3-5-10(12)14-9/h3-5,8H,7H2,1-2H3. The largest absolute Gasteiger partial charge is 0.322 e. The average molecular weight is 282 g/mol. The summed E-state index contributed by atoms with van der Waals surface area (Å²) in [6.07, 6.45) is 0. The first-order chi connectivity index (χ1) is 7.56. The van der Waals surface area contributed by atoms with Crippen LogP contribution >= 0.6 is 15.9 Å². The van der Waals surface area contributed by atoms with Gasteiger partial charge in [-0.05, 0) is 41.9 Å². The van der Waals surface area contributed by atoms with Gasteiger partial charge in [0, 0.05) is 6.04 Å². The van der Waals surface area contributed by atoms with Crippen LogP contribution in [0.15, 0.2) is 22.8 Å². The molecule has 16 heavy (non-hydrogen) atoms. The van der Waals surface area contributed by atoms with Crippen molar-refractivity contribution in [1.29, 1.82) is 5.26 Å². The quantitative estimate of drug-likeness (QED) is 0.631. The number of rotatable bonds is 3. The number of nitriles is 1. The van der Waals surface area contributed by atoms with Gasteiger partial charge in [0.15, 0.2) is 0 Å². The molecule has 0 saturated carbocycles. The summed E-state index contributed by atoms with van der Waals surface area (Å²) in [7, 11) is 0. The summed E-state index contributed by atoms with van der Waals surface area (Å²) in [6, 6.07) is 7.09. The second kappa shape index (κ2) is 5.61. The molecule has 84 valence electrons. The molecule has 0 saturated heterocycles. The Hall–Kier alpha value is -1.41. The molecule has 1 amide bonds. The van der Waals surface area contributed by atoms with Crippen LogP contribution in [-0.2, 0) is 0 Å². The Morgan fingerprint density at radius 1 is 1.62 bits per heavy atom. The zero-order chi connectivity index (χ0) is 12.1. The fraction of sp³-hybridized carbons (Fsp3) is 0.364. The zero-order valence-electron chi connectivity index (χ0n) is 9.14. The number of carbonyl (C=O) groups excluding carboxylic acids is 1. The van der Waals surface area contributed by atoms with Crippen molar-refractivity contribution in [3.63, 3.8) is 0 Å². The number of carbonyl (C=O) groups is 1. The summed E-state index contributed by atoms with van der Waals surface area (Å²) < 4.78 is 0.610. The molecule has 0 spiro atoms. The molecular formula is C11H12BrN3O. The molecule has 1 rings (SSSR count). The van der Waals surface area contributed by atoms with E-state index in [9.17, 15) is 4.79 Å². The third-order valence-electron chi connectivity index (χ3n) is 2.06. The van der Waals surface area contributed by atoms with E-state index >= 15 is 0 Å². The van der Waals surface area contributed by atoms with Gasteiger partial charge in [-0.3, -0.25) is 4.79 Å². The summed E-state index contributed by atoms with van der Waals surface area (Å²) in [4.78, 5) is 17.6. The van der Waals surface area contributed by atoms with Gasteiger partial charge in [-0.15, -0.1) is 0 Å². The summed E-state index contributed by atoms with van der Waals surface area (Å²) in [5.74, 6) is -0.224. The van der Waals surface area contributed by atoms with Gasteiger partial charge in [0.2, 0.25) is 0 Å². The minimum absolute atomic E-state index is 0.0204. The number of hydrogen-bond donors (Lipinski definition) is 0. The highest BCUT2D eigenvalue weighted by molar-refractivity contribution is 9.10. The van der Waals surface area contributed by atoms with Crippen molar-refractivity contribution in [3.8, 4) is 6.07 Å². The van der Waals surface area contributed by atoms with Crippen molar-refractivity contribution in [2.45, 2.75) is 19.9 Å². The van der Waals surface area contributed by atoms with Gasteiger partial charge < -0.3 is 4.90 Å². The van der Waals surface area contributed by atoms with Gasteiger partial charge >= 0.3 is 0 Å². The van der Waals surface area contributed by atoms with Crippen LogP contribution in [0.3, 0.4) is 0 Å². The molecule has 0 N–H and O–H groups in total. The Morgan fingerprint density at radius 2 is 2.31 bits per heavy atom. The molecule has 0 aromatic carbocycles. The van der Waals surface area contributed by atoms with Crippen molar-refractivity contribution in [3.05, 3.63) is 28.5 Å². The van der Waals surface area contributed by atoms with Crippen LogP contribution < -0.4 is 0 Å². The molecule has 0 aliphatic heterocycles. The van der Waals surface area contributed by atoms with E-state index in [1.165, 1.54) is 4.90 Å². The van der Waals surface area contributed by atoms with E-state index in [2.05, 4.69) is 20.9 Å². The molecule has 0 atom stereocenters. The zero-order valence-corrected chi connectivity index (χ0v) is 10.7. The van der Waals surface area contributed by atoms with E-state index < -0.39 is 0 Å². The minimum atomic E-state index is -0.224. The molecular weight excluding hydrogens is 270 g/mol. The maximum absolute atomic E-state index is 12.0. The van der Waals surface area contributed by atoms with Gasteiger partial charge in [-0.1, -0.05) is 6.07 Å². The lowest BCUT2D eigenvalue weighted by Gasteiger charge is -2.23. The second-order valence-corrected chi connectivity index (χ2v) is 4.34. The highest BCUT2D eigenvalue weighted by Gasteiger charge is 2.19. The molecule has 5 heteroatoms. The molecule has 0 unspecified atom stereocenters. The Bertz CT molecular complexity index is 425. The molecule has 0 aliphatic carbocycles. The van der Waals surface area contributed by atoms with Crippen LogP contribution in [0.2, 0.25) is 0 Å². The maximum Gasteiger partial charge on any atom is 0.273 e. The molecule has 0 fully saturated rings. The fourth-order valence-corrected chi connectivity index (χ4v) is 1.58. The van der Waals surface area contributed by atoms with E-state index in [0.717, 1.165) is 0 Å². The van der Waals surface area contributed by atoms with Crippen LogP contribution in [0.25, 0.3) is 0 Å². The highest BCUT2D eigenvalue weighted by atomic mass is 79.9. The number of amides is 1. The highest BCUT2D eigenvalue weighted by Crippen LogP contribution is 2.10. The van der Waals surface area contributed by atoms with E-state index in [-0.39, 0.29) is 18.5 Å². The molecule has 4 nitrogen and oxygen atoms in total. The lowest BCUT2D eigenvalue weighted by atomic mass is 10.2. The van der Waals surface area contributed by atoms with Crippen LogP contribution in [-0.4, -0.2) is 28.4 Å². The first-order valence-corrected chi connectivity index (χ1v) is 5.66. The summed E-state index contributed by atoms with van der Waals surface area (Å²) in [5.41, 5.74) is 0.346. The molecule has 0 radical (unpaired) electrons. The predicted octanol–water partition coefficient (Wildman–Crippen LogP) is 2.22. The first-order valence-electron chi connectivity index (χ1n) is 4.86. The topological polar surface area (TPSA) is 57.0 Å². The predicted molar refractivity (Wildman–Crippen MR) is 63.7 cm³/mol. The number of pyridine rings is 1. The number of halogens is 1. The van der Waals surface area contributed by atoms with E-state index in [0.29, 0.717) is 10.3 Å². The Kier molecular flexibility index (Phi) is 4.44. The van der Waals surface area contributed by atoms with E-state index in [1.807, 2.05) is 19.9 Å². The molecule has 1 aromatic rings. The van der Waals surface area contributed by atoms with Gasteiger partial charge in [-0.2, -0.15) is 5.26 Å². The van der Waals surface area contributed by atoms with Crippen molar-refractivity contribution in [2.24, 2.45) is 0 Å². The fourth-order valence-electron chi connectivity index (χ4n) is 1.24. The first kappa shape index (κ1) is 12.7. The molecule has 1 aromatic heterocycles. The molecule has 0 aliphatic rings. The van der Waals surface area contributed by atoms with E-state index in [1.54, 1.807) is 18.2 Å². The second-order valence-electron chi connectivity index (χ2n) is 3.53. The minimum Gasteiger partial charge on any atom is -0.322 e. The van der Waals surface area contributed by atoms with Crippen LogP contribution in [0, 0.1) is 11.3 Å². The monoisotopic (exact) mass is 281 g/mol. The smallest absolute Gasteiger partial charge is 0.273 e.